The van der Waals surface area contributed by atoms with E-state index in [1.54, 1.807) is 7.11 Å². The first-order chi connectivity index (χ1) is 9.28. The topological polar surface area (TPSA) is 38.5 Å². The van der Waals surface area contributed by atoms with Crippen molar-refractivity contribution in [2.24, 2.45) is 5.73 Å². The average molecular weight is 262 g/mol. The van der Waals surface area contributed by atoms with Gasteiger partial charge in [-0.05, 0) is 37.1 Å². The lowest BCUT2D eigenvalue weighted by molar-refractivity contribution is 0.198. The fourth-order valence-corrected chi connectivity index (χ4v) is 3.07. The maximum Gasteiger partial charge on any atom is 0.123 e. The van der Waals surface area contributed by atoms with Crippen LogP contribution < -0.4 is 10.5 Å². The van der Waals surface area contributed by atoms with E-state index < -0.39 is 0 Å². The Morgan fingerprint density at radius 3 is 2.63 bits per heavy atom. The van der Waals surface area contributed by atoms with Gasteiger partial charge in [-0.2, -0.15) is 0 Å². The van der Waals surface area contributed by atoms with Crippen LogP contribution in [0, 0.1) is 0 Å². The van der Waals surface area contributed by atoms with Gasteiger partial charge in [0.1, 0.15) is 5.75 Å². The molecule has 0 aromatic heterocycles. The molecule has 1 aliphatic carbocycles. The maximum absolute atomic E-state index is 5.74. The highest BCUT2D eigenvalue weighted by Crippen LogP contribution is 2.27. The van der Waals surface area contributed by atoms with Crippen molar-refractivity contribution in [2.75, 3.05) is 13.7 Å². The molecule has 0 amide bonds. The van der Waals surface area contributed by atoms with E-state index >= 15 is 0 Å². The van der Waals surface area contributed by atoms with Crippen LogP contribution in [-0.2, 0) is 13.1 Å². The van der Waals surface area contributed by atoms with Crippen LogP contribution in [0.25, 0.3) is 0 Å². The van der Waals surface area contributed by atoms with Crippen molar-refractivity contribution in [1.82, 2.24) is 4.90 Å². The van der Waals surface area contributed by atoms with E-state index in [4.69, 9.17) is 10.5 Å². The van der Waals surface area contributed by atoms with Crippen molar-refractivity contribution in [3.63, 3.8) is 0 Å². The summed E-state index contributed by atoms with van der Waals surface area (Å²) >= 11 is 0. The third-order valence-electron chi connectivity index (χ3n) is 4.20. The van der Waals surface area contributed by atoms with Crippen LogP contribution in [0.2, 0.25) is 0 Å². The molecule has 0 unspecified atom stereocenters. The molecule has 19 heavy (non-hydrogen) atoms. The minimum absolute atomic E-state index is 0.590. The molecule has 1 aromatic rings. The van der Waals surface area contributed by atoms with Crippen LogP contribution in [0.15, 0.2) is 18.2 Å². The molecule has 1 saturated carbocycles. The Hall–Kier alpha value is -1.06. The molecule has 0 aliphatic heterocycles. The average Bonchev–Trinajstić information content (AvgIpc) is 2.98. The van der Waals surface area contributed by atoms with Crippen molar-refractivity contribution < 1.29 is 4.74 Å². The highest BCUT2D eigenvalue weighted by Gasteiger charge is 2.22. The minimum atomic E-state index is 0.590. The van der Waals surface area contributed by atoms with Crippen LogP contribution in [0.1, 0.15) is 43.7 Å². The summed E-state index contributed by atoms with van der Waals surface area (Å²) in [6, 6.07) is 7.03. The SMILES string of the molecule is CCN(Cc1cc(CN)ccc1OC)C1CCCC1. The van der Waals surface area contributed by atoms with E-state index in [-0.39, 0.29) is 0 Å². The Labute approximate surface area is 116 Å². The monoisotopic (exact) mass is 262 g/mol. The third kappa shape index (κ3) is 3.48. The van der Waals surface area contributed by atoms with Crippen molar-refractivity contribution in [3.8, 4) is 5.75 Å². The van der Waals surface area contributed by atoms with Crippen molar-refractivity contribution in [3.05, 3.63) is 29.3 Å². The van der Waals surface area contributed by atoms with Gasteiger partial charge in [-0.3, -0.25) is 4.90 Å². The van der Waals surface area contributed by atoms with Gasteiger partial charge < -0.3 is 10.5 Å². The fourth-order valence-electron chi connectivity index (χ4n) is 3.07. The lowest BCUT2D eigenvalue weighted by Gasteiger charge is -2.28. The van der Waals surface area contributed by atoms with Gasteiger partial charge in [0.05, 0.1) is 7.11 Å². The smallest absolute Gasteiger partial charge is 0.123 e. The van der Waals surface area contributed by atoms with Gasteiger partial charge >= 0.3 is 0 Å². The molecular formula is C16H26N2O. The van der Waals surface area contributed by atoms with Gasteiger partial charge in [0.25, 0.3) is 0 Å². The van der Waals surface area contributed by atoms with E-state index in [1.165, 1.54) is 36.8 Å². The summed E-state index contributed by atoms with van der Waals surface area (Å²) in [5.74, 6) is 0.980. The maximum atomic E-state index is 5.74. The zero-order valence-electron chi connectivity index (χ0n) is 12.2. The zero-order chi connectivity index (χ0) is 13.7. The molecule has 2 rings (SSSR count). The summed E-state index contributed by atoms with van der Waals surface area (Å²) in [7, 11) is 1.74. The molecule has 0 bridgehead atoms. The normalized spacial score (nSPS) is 16.2. The number of hydrogen-bond donors (Lipinski definition) is 1. The number of methoxy groups -OCH3 is 1. The molecule has 1 aliphatic rings. The highest BCUT2D eigenvalue weighted by molar-refractivity contribution is 5.37. The fraction of sp³-hybridized carbons (Fsp3) is 0.625. The predicted octanol–water partition coefficient (Wildman–Crippen LogP) is 2.92. The van der Waals surface area contributed by atoms with Crippen LogP contribution in [0.4, 0.5) is 0 Å². The predicted molar refractivity (Wildman–Crippen MR) is 79.2 cm³/mol. The molecule has 0 saturated heterocycles. The number of hydrogen-bond acceptors (Lipinski definition) is 3. The molecular weight excluding hydrogens is 236 g/mol. The second kappa shape index (κ2) is 6.92. The lowest BCUT2D eigenvalue weighted by Crippen LogP contribution is -2.32. The molecule has 0 atom stereocenters. The third-order valence-corrected chi connectivity index (χ3v) is 4.20. The quantitative estimate of drug-likeness (QED) is 0.856. The minimum Gasteiger partial charge on any atom is -0.496 e. The van der Waals surface area contributed by atoms with E-state index in [0.29, 0.717) is 6.54 Å². The van der Waals surface area contributed by atoms with Gasteiger partial charge in [-0.25, -0.2) is 0 Å². The number of nitrogens with zero attached hydrogens (tertiary/aromatic N) is 1. The summed E-state index contributed by atoms with van der Waals surface area (Å²) < 4.78 is 5.49. The van der Waals surface area contributed by atoms with E-state index in [1.807, 2.05) is 12.1 Å². The molecule has 0 heterocycles. The number of ether oxygens (including phenoxy) is 1. The van der Waals surface area contributed by atoms with E-state index in [9.17, 15) is 0 Å². The molecule has 0 spiro atoms. The second-order valence-corrected chi connectivity index (χ2v) is 5.35. The molecule has 3 nitrogen and oxygen atoms in total. The Bertz CT molecular complexity index is 400. The van der Waals surface area contributed by atoms with Gasteiger partial charge in [-0.1, -0.05) is 25.8 Å². The number of rotatable bonds is 6. The van der Waals surface area contributed by atoms with Gasteiger partial charge in [0.2, 0.25) is 0 Å². The summed E-state index contributed by atoms with van der Waals surface area (Å²) in [4.78, 5) is 2.57. The second-order valence-electron chi connectivity index (χ2n) is 5.35. The molecule has 0 radical (unpaired) electrons. The van der Waals surface area contributed by atoms with Gasteiger partial charge in [0, 0.05) is 24.7 Å². The van der Waals surface area contributed by atoms with Gasteiger partial charge in [-0.15, -0.1) is 0 Å². The highest BCUT2D eigenvalue weighted by atomic mass is 16.5. The van der Waals surface area contributed by atoms with Crippen molar-refractivity contribution in [2.45, 2.75) is 51.7 Å². The van der Waals surface area contributed by atoms with Crippen LogP contribution in [0.5, 0.6) is 5.75 Å². The van der Waals surface area contributed by atoms with Crippen LogP contribution in [-0.4, -0.2) is 24.6 Å². The van der Waals surface area contributed by atoms with Crippen LogP contribution in [0.3, 0.4) is 0 Å². The Morgan fingerprint density at radius 1 is 1.32 bits per heavy atom. The largest absolute Gasteiger partial charge is 0.496 e. The summed E-state index contributed by atoms with van der Waals surface area (Å²) in [5.41, 5.74) is 8.18. The Balaban J connectivity index is 2.14. The summed E-state index contributed by atoms with van der Waals surface area (Å²) in [6.45, 7) is 4.91. The standard InChI is InChI=1S/C16H26N2O/c1-3-18(15-6-4-5-7-15)12-14-10-13(11-17)8-9-16(14)19-2/h8-10,15H,3-7,11-12,17H2,1-2H3. The zero-order valence-corrected chi connectivity index (χ0v) is 12.2. The summed E-state index contributed by atoms with van der Waals surface area (Å²) in [5, 5.41) is 0. The first-order valence-corrected chi connectivity index (χ1v) is 7.38. The molecule has 1 fully saturated rings. The first kappa shape index (κ1) is 14.4. The number of nitrogens with two attached hydrogens (primary N) is 1. The van der Waals surface area contributed by atoms with E-state index in [2.05, 4.69) is 17.9 Å². The molecule has 2 N–H and O–H groups in total. The Kier molecular flexibility index (Phi) is 5.23. The number of benzene rings is 1. The lowest BCUT2D eigenvalue weighted by atomic mass is 10.1. The summed E-state index contributed by atoms with van der Waals surface area (Å²) in [6.07, 6.45) is 5.43. The van der Waals surface area contributed by atoms with Gasteiger partial charge in [0.15, 0.2) is 0 Å². The van der Waals surface area contributed by atoms with Crippen LogP contribution >= 0.6 is 0 Å². The van der Waals surface area contributed by atoms with Crippen molar-refractivity contribution >= 4 is 0 Å². The molecule has 1 aromatic carbocycles. The molecule has 106 valence electrons. The Morgan fingerprint density at radius 2 is 2.05 bits per heavy atom. The first-order valence-electron chi connectivity index (χ1n) is 7.38. The van der Waals surface area contributed by atoms with E-state index in [0.717, 1.165) is 24.9 Å². The molecule has 3 heteroatoms. The van der Waals surface area contributed by atoms with Crippen molar-refractivity contribution in [1.29, 1.82) is 0 Å².